The number of halogens is 2. The van der Waals surface area contributed by atoms with Crippen molar-refractivity contribution in [2.24, 2.45) is 11.7 Å². The third-order valence-corrected chi connectivity index (χ3v) is 3.58. The van der Waals surface area contributed by atoms with Crippen molar-refractivity contribution >= 4 is 18.3 Å². The van der Waals surface area contributed by atoms with Gasteiger partial charge in [-0.25, -0.2) is 4.39 Å². The zero-order chi connectivity index (χ0) is 13.1. The van der Waals surface area contributed by atoms with Gasteiger partial charge in [0.2, 0.25) is 0 Å². The molecule has 1 amide bonds. The summed E-state index contributed by atoms with van der Waals surface area (Å²) >= 11 is 0. The fraction of sp³-hybridized carbons (Fsp3) is 0.500. The van der Waals surface area contributed by atoms with Gasteiger partial charge in [0.15, 0.2) is 0 Å². The Morgan fingerprint density at radius 1 is 1.53 bits per heavy atom. The Labute approximate surface area is 119 Å². The van der Waals surface area contributed by atoms with Crippen LogP contribution in [0.5, 0.6) is 0 Å². The zero-order valence-electron chi connectivity index (χ0n) is 11.0. The van der Waals surface area contributed by atoms with Crippen molar-refractivity contribution in [1.82, 2.24) is 4.90 Å². The number of nitrogens with zero attached hydrogens (tertiary/aromatic N) is 1. The first-order chi connectivity index (χ1) is 8.61. The van der Waals surface area contributed by atoms with Crippen molar-refractivity contribution in [2.45, 2.75) is 25.8 Å². The van der Waals surface area contributed by atoms with Crippen LogP contribution in [0.1, 0.15) is 30.1 Å². The Bertz CT molecular complexity index is 441. The third kappa shape index (κ3) is 3.67. The fourth-order valence-corrected chi connectivity index (χ4v) is 2.53. The molecule has 19 heavy (non-hydrogen) atoms. The number of likely N-dealkylation sites (tertiary alicyclic amines) is 1. The van der Waals surface area contributed by atoms with Crippen LogP contribution in [0.2, 0.25) is 0 Å². The van der Waals surface area contributed by atoms with E-state index in [-0.39, 0.29) is 30.2 Å². The minimum absolute atomic E-state index is 0. The number of hydrogen-bond donors (Lipinski definition) is 1. The summed E-state index contributed by atoms with van der Waals surface area (Å²) < 4.78 is 13.1. The number of rotatable bonds is 2. The highest BCUT2D eigenvalue weighted by atomic mass is 35.5. The van der Waals surface area contributed by atoms with E-state index in [9.17, 15) is 9.18 Å². The lowest BCUT2D eigenvalue weighted by molar-refractivity contribution is 0.0573. The molecule has 2 unspecified atom stereocenters. The Morgan fingerprint density at radius 2 is 2.26 bits per heavy atom. The summed E-state index contributed by atoms with van der Waals surface area (Å²) in [6.07, 6.45) is 1.91. The number of carbonyl (C=O) groups is 1. The Kier molecular flexibility index (Phi) is 5.76. The average Bonchev–Trinajstić information content (AvgIpc) is 2.37. The number of benzene rings is 1. The highest BCUT2D eigenvalue weighted by molar-refractivity contribution is 5.94. The predicted molar refractivity (Wildman–Crippen MR) is 75.9 cm³/mol. The number of amides is 1. The molecule has 2 N–H and O–H groups in total. The van der Waals surface area contributed by atoms with E-state index in [4.69, 9.17) is 5.73 Å². The normalized spacial score (nSPS) is 22.8. The smallest absolute Gasteiger partial charge is 0.254 e. The summed E-state index contributed by atoms with van der Waals surface area (Å²) in [5.41, 5.74) is 6.14. The zero-order valence-corrected chi connectivity index (χ0v) is 11.8. The summed E-state index contributed by atoms with van der Waals surface area (Å²) in [5, 5.41) is 0. The monoisotopic (exact) mass is 286 g/mol. The molecule has 0 radical (unpaired) electrons. The molecule has 1 aliphatic heterocycles. The minimum atomic E-state index is -0.379. The van der Waals surface area contributed by atoms with Crippen LogP contribution >= 0.6 is 12.4 Å². The lowest BCUT2D eigenvalue weighted by atomic mass is 9.92. The molecule has 1 aliphatic rings. The van der Waals surface area contributed by atoms with Crippen molar-refractivity contribution in [3.05, 3.63) is 35.6 Å². The molecule has 2 rings (SSSR count). The third-order valence-electron chi connectivity index (χ3n) is 3.58. The Morgan fingerprint density at radius 3 is 2.89 bits per heavy atom. The first kappa shape index (κ1) is 15.9. The van der Waals surface area contributed by atoms with E-state index in [1.54, 1.807) is 17.0 Å². The Hall–Kier alpha value is -1.13. The van der Waals surface area contributed by atoms with Gasteiger partial charge in [-0.2, -0.15) is 0 Å². The first-order valence-electron chi connectivity index (χ1n) is 6.38. The van der Waals surface area contributed by atoms with Crippen molar-refractivity contribution in [2.75, 3.05) is 13.1 Å². The van der Waals surface area contributed by atoms with E-state index >= 15 is 0 Å². The lowest BCUT2D eigenvalue weighted by Gasteiger charge is -2.38. The second kappa shape index (κ2) is 6.87. The SMILES string of the molecule is CC1CCN(C(=O)c2cccc(F)c2)C(CN)C1.Cl. The molecular formula is C14H20ClFN2O. The Balaban J connectivity index is 0.00000180. The molecule has 0 spiro atoms. The van der Waals surface area contributed by atoms with Crippen LogP contribution < -0.4 is 5.73 Å². The molecule has 1 aromatic carbocycles. The summed E-state index contributed by atoms with van der Waals surface area (Å²) in [5.74, 6) is 0.0995. The van der Waals surface area contributed by atoms with Gasteiger partial charge in [-0.1, -0.05) is 13.0 Å². The lowest BCUT2D eigenvalue weighted by Crippen LogP contribution is -2.49. The van der Waals surface area contributed by atoms with Gasteiger partial charge in [0, 0.05) is 24.7 Å². The van der Waals surface area contributed by atoms with Gasteiger partial charge < -0.3 is 10.6 Å². The number of carbonyl (C=O) groups excluding carboxylic acids is 1. The summed E-state index contributed by atoms with van der Waals surface area (Å²) in [6.45, 7) is 3.34. The molecule has 106 valence electrons. The van der Waals surface area contributed by atoms with Gasteiger partial charge in [-0.3, -0.25) is 4.79 Å². The predicted octanol–water partition coefficient (Wildman–Crippen LogP) is 2.45. The molecule has 0 aliphatic carbocycles. The van der Waals surface area contributed by atoms with Crippen LogP contribution in [-0.2, 0) is 0 Å². The molecule has 1 heterocycles. The molecule has 1 saturated heterocycles. The largest absolute Gasteiger partial charge is 0.334 e. The van der Waals surface area contributed by atoms with E-state index < -0.39 is 0 Å². The molecule has 3 nitrogen and oxygen atoms in total. The molecular weight excluding hydrogens is 267 g/mol. The van der Waals surface area contributed by atoms with Gasteiger partial charge in [-0.15, -0.1) is 12.4 Å². The van der Waals surface area contributed by atoms with Crippen molar-refractivity contribution in [3.8, 4) is 0 Å². The second-order valence-electron chi connectivity index (χ2n) is 5.03. The molecule has 2 atom stereocenters. The van der Waals surface area contributed by atoms with Crippen molar-refractivity contribution in [3.63, 3.8) is 0 Å². The number of hydrogen-bond acceptors (Lipinski definition) is 2. The summed E-state index contributed by atoms with van der Waals surface area (Å²) in [7, 11) is 0. The van der Waals surface area contributed by atoms with E-state index in [0.29, 0.717) is 24.6 Å². The fourth-order valence-electron chi connectivity index (χ4n) is 2.53. The quantitative estimate of drug-likeness (QED) is 0.908. The standard InChI is InChI=1S/C14H19FN2O.ClH/c1-10-5-6-17(13(7-10)9-16)14(18)11-3-2-4-12(15)8-11;/h2-4,8,10,13H,5-7,9,16H2,1H3;1H. The van der Waals surface area contributed by atoms with E-state index in [1.807, 2.05) is 0 Å². The maximum absolute atomic E-state index is 13.1. The number of nitrogens with two attached hydrogens (primary N) is 1. The highest BCUT2D eigenvalue weighted by Crippen LogP contribution is 2.23. The van der Waals surface area contributed by atoms with Crippen LogP contribution in [0.4, 0.5) is 4.39 Å². The highest BCUT2D eigenvalue weighted by Gasteiger charge is 2.29. The van der Waals surface area contributed by atoms with E-state index in [1.165, 1.54) is 12.1 Å². The molecule has 0 saturated carbocycles. The van der Waals surface area contributed by atoms with Crippen molar-refractivity contribution < 1.29 is 9.18 Å². The van der Waals surface area contributed by atoms with Crippen LogP contribution in [0.25, 0.3) is 0 Å². The van der Waals surface area contributed by atoms with Crippen LogP contribution in [0.15, 0.2) is 24.3 Å². The van der Waals surface area contributed by atoms with Crippen LogP contribution in [0.3, 0.4) is 0 Å². The van der Waals surface area contributed by atoms with Crippen LogP contribution in [-0.4, -0.2) is 29.9 Å². The minimum Gasteiger partial charge on any atom is -0.334 e. The topological polar surface area (TPSA) is 46.3 Å². The van der Waals surface area contributed by atoms with Gasteiger partial charge in [0.1, 0.15) is 5.82 Å². The van der Waals surface area contributed by atoms with E-state index in [2.05, 4.69) is 6.92 Å². The molecule has 1 fully saturated rings. The maximum atomic E-state index is 13.1. The summed E-state index contributed by atoms with van der Waals surface area (Å²) in [4.78, 5) is 14.1. The second-order valence-corrected chi connectivity index (χ2v) is 5.03. The van der Waals surface area contributed by atoms with Gasteiger partial charge >= 0.3 is 0 Å². The first-order valence-corrected chi connectivity index (χ1v) is 6.38. The van der Waals surface area contributed by atoms with Gasteiger partial charge in [0.05, 0.1) is 0 Å². The van der Waals surface area contributed by atoms with Crippen molar-refractivity contribution in [1.29, 1.82) is 0 Å². The molecule has 0 aromatic heterocycles. The average molecular weight is 287 g/mol. The van der Waals surface area contributed by atoms with Gasteiger partial charge in [0.25, 0.3) is 5.91 Å². The summed E-state index contributed by atoms with van der Waals surface area (Å²) in [6, 6.07) is 5.91. The van der Waals surface area contributed by atoms with Crippen LogP contribution in [0, 0.1) is 11.7 Å². The maximum Gasteiger partial charge on any atom is 0.254 e. The molecule has 0 bridgehead atoms. The van der Waals surface area contributed by atoms with Gasteiger partial charge in [-0.05, 0) is 37.0 Å². The van der Waals surface area contributed by atoms with E-state index in [0.717, 1.165) is 12.8 Å². The number of piperidine rings is 1. The molecule has 5 heteroatoms. The molecule has 1 aromatic rings.